The topological polar surface area (TPSA) is 22.1 Å². The Morgan fingerprint density at radius 1 is 1.60 bits per heavy atom. The lowest BCUT2D eigenvalue weighted by Crippen LogP contribution is -2.40. The zero-order valence-electron chi connectivity index (χ0n) is 8.96. The lowest BCUT2D eigenvalue weighted by Gasteiger charge is -2.35. The SMILES string of the molecule is Cc1ncc(CC2(CCl)CCCCO2)s1. The van der Waals surface area contributed by atoms with Crippen LogP contribution in [0.15, 0.2) is 6.20 Å². The molecule has 1 aromatic rings. The molecule has 2 rings (SSSR count). The number of alkyl halides is 1. The van der Waals surface area contributed by atoms with E-state index in [1.54, 1.807) is 11.3 Å². The fourth-order valence-electron chi connectivity index (χ4n) is 2.01. The van der Waals surface area contributed by atoms with Crippen molar-refractivity contribution in [1.82, 2.24) is 4.98 Å². The number of aryl methyl sites for hydroxylation is 1. The van der Waals surface area contributed by atoms with E-state index in [1.165, 1.54) is 17.7 Å². The molecule has 1 aromatic heterocycles. The van der Waals surface area contributed by atoms with Gasteiger partial charge in [-0.05, 0) is 26.2 Å². The average Bonchev–Trinajstić information content (AvgIpc) is 2.65. The van der Waals surface area contributed by atoms with E-state index in [-0.39, 0.29) is 5.60 Å². The minimum Gasteiger partial charge on any atom is -0.373 e. The molecule has 1 aliphatic heterocycles. The standard InChI is InChI=1S/C11H16ClNOS/c1-9-13-7-10(15-9)6-11(8-12)4-2-3-5-14-11/h7H,2-6,8H2,1H3. The van der Waals surface area contributed by atoms with Crippen LogP contribution in [-0.4, -0.2) is 23.1 Å². The first kappa shape index (κ1) is 11.4. The number of nitrogens with zero attached hydrogens (tertiary/aromatic N) is 1. The molecule has 2 heterocycles. The molecule has 1 fully saturated rings. The fourth-order valence-corrected chi connectivity index (χ4v) is 3.24. The third-order valence-corrected chi connectivity index (χ3v) is 4.24. The third-order valence-electron chi connectivity index (χ3n) is 2.84. The van der Waals surface area contributed by atoms with Gasteiger partial charge in [0, 0.05) is 24.1 Å². The van der Waals surface area contributed by atoms with Crippen molar-refractivity contribution in [3.63, 3.8) is 0 Å². The van der Waals surface area contributed by atoms with Gasteiger partial charge in [0.2, 0.25) is 0 Å². The number of hydrogen-bond donors (Lipinski definition) is 0. The highest BCUT2D eigenvalue weighted by atomic mass is 35.5. The average molecular weight is 246 g/mol. The number of hydrogen-bond acceptors (Lipinski definition) is 3. The Bertz CT molecular complexity index is 320. The molecule has 0 N–H and O–H groups in total. The lowest BCUT2D eigenvalue weighted by molar-refractivity contribution is -0.0611. The van der Waals surface area contributed by atoms with Crippen molar-refractivity contribution in [2.45, 2.75) is 38.2 Å². The van der Waals surface area contributed by atoms with Gasteiger partial charge in [-0.15, -0.1) is 22.9 Å². The summed E-state index contributed by atoms with van der Waals surface area (Å²) in [4.78, 5) is 5.55. The highest BCUT2D eigenvalue weighted by Gasteiger charge is 2.33. The number of ether oxygens (including phenoxy) is 1. The highest BCUT2D eigenvalue weighted by Crippen LogP contribution is 2.31. The van der Waals surface area contributed by atoms with Crippen molar-refractivity contribution < 1.29 is 4.74 Å². The molecule has 0 spiro atoms. The fraction of sp³-hybridized carbons (Fsp3) is 0.727. The summed E-state index contributed by atoms with van der Waals surface area (Å²) >= 11 is 7.80. The van der Waals surface area contributed by atoms with E-state index in [9.17, 15) is 0 Å². The van der Waals surface area contributed by atoms with Gasteiger partial charge in [0.15, 0.2) is 0 Å². The quantitative estimate of drug-likeness (QED) is 0.764. The second-order valence-electron chi connectivity index (χ2n) is 4.14. The Balaban J connectivity index is 2.06. The van der Waals surface area contributed by atoms with Crippen LogP contribution in [0.2, 0.25) is 0 Å². The first-order valence-electron chi connectivity index (χ1n) is 5.35. The maximum Gasteiger partial charge on any atom is 0.0896 e. The molecule has 0 aliphatic carbocycles. The van der Waals surface area contributed by atoms with Gasteiger partial charge >= 0.3 is 0 Å². The normalized spacial score (nSPS) is 26.8. The van der Waals surface area contributed by atoms with Crippen LogP contribution in [0.25, 0.3) is 0 Å². The van der Waals surface area contributed by atoms with Crippen molar-refractivity contribution in [1.29, 1.82) is 0 Å². The van der Waals surface area contributed by atoms with Crippen molar-refractivity contribution >= 4 is 22.9 Å². The molecule has 1 aliphatic rings. The van der Waals surface area contributed by atoms with Crippen LogP contribution in [-0.2, 0) is 11.2 Å². The molecule has 0 aromatic carbocycles. The molecule has 84 valence electrons. The van der Waals surface area contributed by atoms with Crippen LogP contribution in [0.4, 0.5) is 0 Å². The summed E-state index contributed by atoms with van der Waals surface area (Å²) < 4.78 is 5.87. The number of aromatic nitrogens is 1. The zero-order valence-corrected chi connectivity index (χ0v) is 10.5. The first-order valence-corrected chi connectivity index (χ1v) is 6.70. The molecule has 0 saturated carbocycles. The van der Waals surface area contributed by atoms with E-state index in [1.807, 2.05) is 13.1 Å². The van der Waals surface area contributed by atoms with Crippen LogP contribution in [0, 0.1) is 6.92 Å². The van der Waals surface area contributed by atoms with Gasteiger partial charge in [0.1, 0.15) is 0 Å². The summed E-state index contributed by atoms with van der Waals surface area (Å²) in [6.07, 6.45) is 6.34. The summed E-state index contributed by atoms with van der Waals surface area (Å²) in [5.74, 6) is 0.587. The Hall–Kier alpha value is -0.120. The van der Waals surface area contributed by atoms with E-state index in [4.69, 9.17) is 16.3 Å². The minimum atomic E-state index is -0.126. The summed E-state index contributed by atoms with van der Waals surface area (Å²) in [6.45, 7) is 2.88. The van der Waals surface area contributed by atoms with Gasteiger partial charge in [0.05, 0.1) is 16.5 Å². The van der Waals surface area contributed by atoms with E-state index in [0.717, 1.165) is 24.5 Å². The summed E-state index contributed by atoms with van der Waals surface area (Å²) in [5.41, 5.74) is -0.126. The van der Waals surface area contributed by atoms with Crippen LogP contribution in [0.1, 0.15) is 29.1 Å². The van der Waals surface area contributed by atoms with Gasteiger partial charge in [-0.3, -0.25) is 0 Å². The molecular weight excluding hydrogens is 230 g/mol. The van der Waals surface area contributed by atoms with Crippen molar-refractivity contribution in [2.75, 3.05) is 12.5 Å². The van der Waals surface area contributed by atoms with E-state index in [0.29, 0.717) is 5.88 Å². The van der Waals surface area contributed by atoms with Crippen molar-refractivity contribution in [2.24, 2.45) is 0 Å². The molecule has 1 atom stereocenters. The smallest absolute Gasteiger partial charge is 0.0896 e. The zero-order chi connectivity index (χ0) is 10.7. The van der Waals surface area contributed by atoms with Crippen LogP contribution in [0.3, 0.4) is 0 Å². The largest absolute Gasteiger partial charge is 0.373 e. The van der Waals surface area contributed by atoms with E-state index < -0.39 is 0 Å². The number of thiazole rings is 1. The Morgan fingerprint density at radius 3 is 3.00 bits per heavy atom. The maximum absolute atomic E-state index is 6.05. The maximum atomic E-state index is 6.05. The van der Waals surface area contributed by atoms with Gasteiger partial charge < -0.3 is 4.74 Å². The van der Waals surface area contributed by atoms with Crippen LogP contribution in [0.5, 0.6) is 0 Å². The molecular formula is C11H16ClNOS. The number of rotatable bonds is 3. The highest BCUT2D eigenvalue weighted by molar-refractivity contribution is 7.11. The molecule has 1 saturated heterocycles. The van der Waals surface area contributed by atoms with Crippen molar-refractivity contribution in [3.05, 3.63) is 16.1 Å². The van der Waals surface area contributed by atoms with E-state index >= 15 is 0 Å². The predicted octanol–water partition coefficient (Wildman–Crippen LogP) is 3.17. The van der Waals surface area contributed by atoms with Gasteiger partial charge in [-0.2, -0.15) is 0 Å². The predicted molar refractivity (Wildman–Crippen MR) is 63.8 cm³/mol. The molecule has 1 unspecified atom stereocenters. The Morgan fingerprint density at radius 2 is 2.47 bits per heavy atom. The first-order chi connectivity index (χ1) is 7.24. The summed E-state index contributed by atoms with van der Waals surface area (Å²) in [6, 6.07) is 0. The Kier molecular flexibility index (Phi) is 3.65. The molecule has 2 nitrogen and oxygen atoms in total. The van der Waals surface area contributed by atoms with E-state index in [2.05, 4.69) is 4.98 Å². The molecule has 15 heavy (non-hydrogen) atoms. The van der Waals surface area contributed by atoms with Crippen molar-refractivity contribution in [3.8, 4) is 0 Å². The second-order valence-corrected chi connectivity index (χ2v) is 5.73. The monoisotopic (exact) mass is 245 g/mol. The van der Waals surface area contributed by atoms with Gasteiger partial charge in [-0.1, -0.05) is 0 Å². The number of halogens is 1. The molecule has 0 amide bonds. The molecule has 0 radical (unpaired) electrons. The lowest BCUT2D eigenvalue weighted by atomic mass is 9.92. The second kappa shape index (κ2) is 4.81. The van der Waals surface area contributed by atoms with Crippen LogP contribution >= 0.6 is 22.9 Å². The third kappa shape index (κ3) is 2.71. The summed E-state index contributed by atoms with van der Waals surface area (Å²) in [5, 5.41) is 1.12. The molecule has 4 heteroatoms. The summed E-state index contributed by atoms with van der Waals surface area (Å²) in [7, 11) is 0. The molecule has 0 bridgehead atoms. The van der Waals surface area contributed by atoms with Gasteiger partial charge in [0.25, 0.3) is 0 Å². The minimum absolute atomic E-state index is 0.126. The van der Waals surface area contributed by atoms with Gasteiger partial charge in [-0.25, -0.2) is 4.98 Å². The Labute approximate surface area is 99.6 Å². The van der Waals surface area contributed by atoms with Crippen LogP contribution < -0.4 is 0 Å².